The van der Waals surface area contributed by atoms with Crippen molar-refractivity contribution in [1.29, 1.82) is 0 Å². The molecule has 0 aromatic carbocycles. The van der Waals surface area contributed by atoms with Gasteiger partial charge in [-0.1, -0.05) is 0 Å². The maximum Gasteiger partial charge on any atom is 0.466 e. The van der Waals surface area contributed by atoms with Crippen molar-refractivity contribution in [3.8, 4) is 0 Å². The molecule has 0 radical (unpaired) electrons. The van der Waals surface area contributed by atoms with E-state index < -0.39 is 7.82 Å². The van der Waals surface area contributed by atoms with Crippen LogP contribution in [0.2, 0.25) is 0 Å². The van der Waals surface area contributed by atoms with Gasteiger partial charge in [0.1, 0.15) is 0 Å². The molecule has 0 saturated heterocycles. The quantitative estimate of drug-likeness (QED) is 0.248. The van der Waals surface area contributed by atoms with E-state index in [4.69, 9.17) is 23.7 Å². The van der Waals surface area contributed by atoms with Gasteiger partial charge in [-0.15, -0.1) is 4.48 Å². The Bertz CT molecular complexity index is 57.8. The molecule has 0 rings (SSSR count). The van der Waals surface area contributed by atoms with Gasteiger partial charge in [-0.25, -0.2) is 4.57 Å². The Labute approximate surface area is 38.8 Å². The highest BCUT2D eigenvalue weighted by atomic mass is 31.2. The zero-order valence-corrected chi connectivity index (χ0v) is 4.05. The molecule has 5 nitrogen and oxygen atoms in total. The maximum atomic E-state index is 9.00. The summed E-state index contributed by atoms with van der Waals surface area (Å²) in [7, 11) is -4.64. The molecule has 0 aromatic heterocycles. The highest BCUT2D eigenvalue weighted by molar-refractivity contribution is 7.45. The fourth-order valence-electron chi connectivity index (χ4n) is 0. The van der Waals surface area contributed by atoms with Crippen molar-refractivity contribution in [3.63, 3.8) is 0 Å². The van der Waals surface area contributed by atoms with Crippen LogP contribution in [0.5, 0.6) is 0 Å². The second-order valence-electron chi connectivity index (χ2n) is 0.513. The van der Waals surface area contributed by atoms with E-state index in [2.05, 4.69) is 5.96 Å². The summed E-state index contributed by atoms with van der Waals surface area (Å²) in [5.74, 6) is 3.00. The van der Waals surface area contributed by atoms with Crippen LogP contribution >= 0.6 is 7.82 Å². The Kier molecular flexibility index (Phi) is 6.00. The second-order valence-corrected chi connectivity index (χ2v) is 1.54. The van der Waals surface area contributed by atoms with Gasteiger partial charge in [-0.05, 0) is 0 Å². The molecule has 0 bridgehead atoms. The molecule has 0 aromatic rings. The minimum atomic E-state index is -4.64. The lowest BCUT2D eigenvalue weighted by molar-refractivity contribution is 0.275. The van der Waals surface area contributed by atoms with Crippen molar-refractivity contribution in [2.24, 2.45) is 5.96 Å². The normalized spacial score (nSPS) is 9.29. The molecular formula is H5FNO4P. The Morgan fingerprint density at radius 3 is 1.29 bits per heavy atom. The Morgan fingerprint density at radius 1 is 1.29 bits per heavy atom. The first-order valence-corrected chi connectivity index (χ1v) is 2.57. The van der Waals surface area contributed by atoms with Gasteiger partial charge < -0.3 is 14.7 Å². The van der Waals surface area contributed by atoms with Gasteiger partial charge in [0.25, 0.3) is 0 Å². The molecule has 0 heterocycles. The third kappa shape index (κ3) is 19899999999999999320469623254548480. The number of rotatable bonds is 0. The first-order chi connectivity index (χ1) is 3.00. The summed E-state index contributed by atoms with van der Waals surface area (Å²) in [6.07, 6.45) is 0. The van der Waals surface area contributed by atoms with Crippen molar-refractivity contribution in [2.45, 2.75) is 0 Å². The molecule has 0 fully saturated rings. The fourth-order valence-corrected chi connectivity index (χ4v) is 0. The third-order valence-corrected chi connectivity index (χ3v) is 0. The Balaban J connectivity index is 0. The van der Waals surface area contributed by atoms with E-state index in [-0.39, 0.29) is 0 Å². The van der Waals surface area contributed by atoms with E-state index >= 15 is 0 Å². The summed E-state index contributed by atoms with van der Waals surface area (Å²) in [5.41, 5.74) is 0. The van der Waals surface area contributed by atoms with Crippen molar-refractivity contribution in [2.75, 3.05) is 0 Å². The van der Waals surface area contributed by atoms with E-state index in [1.807, 2.05) is 0 Å². The summed E-state index contributed by atoms with van der Waals surface area (Å²) in [6, 6.07) is 0. The lowest BCUT2D eigenvalue weighted by Crippen LogP contribution is -1.66. The van der Waals surface area contributed by atoms with Gasteiger partial charge in [0.05, 0.1) is 0 Å². The van der Waals surface area contributed by atoms with E-state index in [1.165, 1.54) is 0 Å². The number of phosphoric acid groups is 1. The summed E-state index contributed by atoms with van der Waals surface area (Å²) in [5, 5.41) is 0. The minimum absolute atomic E-state index is 3.00. The molecule has 0 aliphatic heterocycles. The zero-order valence-electron chi connectivity index (χ0n) is 3.15. The average molecular weight is 133 g/mol. The minimum Gasteiger partial charge on any atom is -0.303 e. The molecule has 0 aliphatic rings. The fraction of sp³-hybridized carbons (Fsp3) is 0. The third-order valence-electron chi connectivity index (χ3n) is 0. The van der Waals surface area contributed by atoms with Gasteiger partial charge in [0, 0.05) is 0 Å². The SMILES string of the molecule is NF.O=P(O)(O)O. The van der Waals surface area contributed by atoms with Crippen LogP contribution in [0.3, 0.4) is 0 Å². The number of hydrogen-bond acceptors (Lipinski definition) is 2. The predicted octanol–water partition coefficient (Wildman–Crippen LogP) is -1.10. The highest BCUT2D eigenvalue weighted by Gasteiger charge is 2.00. The number of halogens is 1. The van der Waals surface area contributed by atoms with E-state index in [1.54, 1.807) is 0 Å². The highest BCUT2D eigenvalue weighted by Crippen LogP contribution is 2.25. The van der Waals surface area contributed by atoms with E-state index in [0.29, 0.717) is 0 Å². The molecule has 7 heavy (non-hydrogen) atoms. The summed E-state index contributed by atoms with van der Waals surface area (Å²) in [6.45, 7) is 0. The summed E-state index contributed by atoms with van der Waals surface area (Å²) < 4.78 is 17.9. The first-order valence-electron chi connectivity index (χ1n) is 1.00. The van der Waals surface area contributed by atoms with Crippen LogP contribution in [0, 0.1) is 0 Å². The van der Waals surface area contributed by atoms with Crippen LogP contribution in [0.25, 0.3) is 0 Å². The summed E-state index contributed by atoms with van der Waals surface area (Å²) >= 11 is 0. The number of nitrogens with two attached hydrogens (primary N) is 1. The molecule has 46 valence electrons. The van der Waals surface area contributed by atoms with Gasteiger partial charge in [0.2, 0.25) is 0 Å². The molecule has 0 atom stereocenters. The second kappa shape index (κ2) is 4.17. The van der Waals surface area contributed by atoms with Crippen LogP contribution in [0.15, 0.2) is 0 Å². The molecule has 7 heteroatoms. The number of hydrogen-bond donors (Lipinski definition) is 4. The van der Waals surface area contributed by atoms with Crippen molar-refractivity contribution in [1.82, 2.24) is 0 Å². The van der Waals surface area contributed by atoms with Crippen molar-refractivity contribution >= 4 is 7.82 Å². The largest absolute Gasteiger partial charge is 0.466 e. The van der Waals surface area contributed by atoms with Crippen LogP contribution in [-0.4, -0.2) is 14.7 Å². The molecule has 0 spiro atoms. The van der Waals surface area contributed by atoms with Crippen molar-refractivity contribution < 1.29 is 23.7 Å². The van der Waals surface area contributed by atoms with Crippen LogP contribution in [0.4, 0.5) is 4.48 Å². The standard InChI is InChI=1S/FH2N.H3O4P/c1-2;1-5(2,3)4/h2H2;(H3,1,2,3,4). The molecule has 0 saturated carbocycles. The smallest absolute Gasteiger partial charge is 0.303 e. The van der Waals surface area contributed by atoms with Gasteiger partial charge >= 0.3 is 7.82 Å². The lowest BCUT2D eigenvalue weighted by atomic mass is 13.8. The lowest BCUT2D eigenvalue weighted by Gasteiger charge is -1.82. The van der Waals surface area contributed by atoms with Crippen LogP contribution in [0.1, 0.15) is 0 Å². The topological polar surface area (TPSA) is 104 Å². The first kappa shape index (κ1) is 10.1. The van der Waals surface area contributed by atoms with Gasteiger partial charge in [-0.2, -0.15) is 5.96 Å². The maximum absolute atomic E-state index is 9.00. The van der Waals surface area contributed by atoms with E-state index in [0.717, 1.165) is 0 Å². The molecular weight excluding hydrogens is 128 g/mol. The average Bonchev–Trinajstić information content (AvgIpc) is 1.36. The Morgan fingerprint density at radius 2 is 1.29 bits per heavy atom. The van der Waals surface area contributed by atoms with Crippen molar-refractivity contribution in [3.05, 3.63) is 0 Å². The molecule has 0 amide bonds. The van der Waals surface area contributed by atoms with Gasteiger partial charge in [-0.3, -0.25) is 0 Å². The monoisotopic (exact) mass is 133 g/mol. The molecule has 5 N–H and O–H groups in total. The predicted molar refractivity (Wildman–Crippen MR) is 19.6 cm³/mol. The zero-order chi connectivity index (χ0) is 6.50. The summed E-state index contributed by atoms with van der Waals surface area (Å²) in [4.78, 5) is 21.6. The van der Waals surface area contributed by atoms with Crippen LogP contribution < -0.4 is 5.96 Å². The van der Waals surface area contributed by atoms with Gasteiger partial charge in [0.15, 0.2) is 0 Å². The van der Waals surface area contributed by atoms with Crippen LogP contribution in [-0.2, 0) is 4.57 Å². The Hall–Kier alpha value is -0.0000000000000000694. The molecule has 0 aliphatic carbocycles. The molecule has 0 unspecified atom stereocenters. The van der Waals surface area contributed by atoms with E-state index in [9.17, 15) is 0 Å².